The highest BCUT2D eigenvalue weighted by molar-refractivity contribution is 7.92. The standard InChI is InChI=1S/C23H25Cl2NO3S/c1-29-19-6-7-20(23(25)22(19)24)30(27,28)26-18-4-2-15(3-5-18)21-16-9-13-8-14(11-16)12-17(21)10-13/h2-7,13-14,16-17,21,26H,8-12H2,1H3. The van der Waals surface area contributed by atoms with Crippen molar-refractivity contribution in [1.29, 1.82) is 0 Å². The number of hydrogen-bond donors (Lipinski definition) is 1. The van der Waals surface area contributed by atoms with Crippen molar-refractivity contribution in [1.82, 2.24) is 0 Å². The van der Waals surface area contributed by atoms with E-state index in [1.165, 1.54) is 56.9 Å². The Morgan fingerprint density at radius 1 is 0.867 bits per heavy atom. The van der Waals surface area contributed by atoms with Gasteiger partial charge in [-0.1, -0.05) is 35.3 Å². The molecule has 1 N–H and O–H groups in total. The number of anilines is 1. The van der Waals surface area contributed by atoms with Crippen molar-refractivity contribution in [3.63, 3.8) is 0 Å². The third-order valence-corrected chi connectivity index (χ3v) is 9.70. The van der Waals surface area contributed by atoms with Gasteiger partial charge in [0.2, 0.25) is 0 Å². The lowest BCUT2D eigenvalue weighted by Crippen LogP contribution is -2.43. The highest BCUT2D eigenvalue weighted by atomic mass is 35.5. The third kappa shape index (κ3) is 3.49. The van der Waals surface area contributed by atoms with Crippen LogP contribution in [0.4, 0.5) is 5.69 Å². The van der Waals surface area contributed by atoms with Gasteiger partial charge in [-0.3, -0.25) is 4.72 Å². The molecule has 30 heavy (non-hydrogen) atoms. The summed E-state index contributed by atoms with van der Waals surface area (Å²) in [5, 5.41) is 0.0352. The Labute approximate surface area is 188 Å². The van der Waals surface area contributed by atoms with Crippen LogP contribution in [0.2, 0.25) is 10.0 Å². The maximum atomic E-state index is 12.9. The largest absolute Gasteiger partial charge is 0.495 e. The molecule has 0 aliphatic heterocycles. The minimum Gasteiger partial charge on any atom is -0.495 e. The molecule has 0 radical (unpaired) electrons. The van der Waals surface area contributed by atoms with Gasteiger partial charge in [0.05, 0.1) is 12.1 Å². The third-order valence-electron chi connectivity index (χ3n) is 7.30. The van der Waals surface area contributed by atoms with Gasteiger partial charge in [-0.05, 0) is 91.5 Å². The predicted octanol–water partition coefficient (Wildman–Crippen LogP) is 6.34. The fourth-order valence-corrected chi connectivity index (χ4v) is 8.23. The number of nitrogens with one attached hydrogen (secondary N) is 1. The summed E-state index contributed by atoms with van der Waals surface area (Å²) < 4.78 is 33.4. The van der Waals surface area contributed by atoms with Crippen LogP contribution in [0.5, 0.6) is 5.75 Å². The molecule has 4 nitrogen and oxygen atoms in total. The average molecular weight is 466 g/mol. The van der Waals surface area contributed by atoms with Crippen LogP contribution in [0.15, 0.2) is 41.3 Å². The van der Waals surface area contributed by atoms with E-state index in [-0.39, 0.29) is 14.9 Å². The fraction of sp³-hybridized carbons (Fsp3) is 0.478. The predicted molar refractivity (Wildman–Crippen MR) is 120 cm³/mol. The zero-order valence-corrected chi connectivity index (χ0v) is 19.1. The zero-order chi connectivity index (χ0) is 21.0. The Bertz CT molecular complexity index is 1040. The van der Waals surface area contributed by atoms with Crippen LogP contribution in [0.25, 0.3) is 0 Å². The number of benzene rings is 2. The highest BCUT2D eigenvalue weighted by Crippen LogP contribution is 2.59. The van der Waals surface area contributed by atoms with E-state index in [9.17, 15) is 8.42 Å². The molecule has 4 saturated carbocycles. The second kappa shape index (κ2) is 7.61. The van der Waals surface area contributed by atoms with E-state index >= 15 is 0 Å². The van der Waals surface area contributed by atoms with Crippen LogP contribution in [0.3, 0.4) is 0 Å². The number of sulfonamides is 1. The summed E-state index contributed by atoms with van der Waals surface area (Å²) in [7, 11) is -2.41. The second-order valence-electron chi connectivity index (χ2n) is 9.08. The van der Waals surface area contributed by atoms with Crippen LogP contribution in [-0.2, 0) is 10.0 Å². The molecule has 4 aliphatic carbocycles. The maximum absolute atomic E-state index is 12.9. The lowest BCUT2D eigenvalue weighted by atomic mass is 9.51. The van der Waals surface area contributed by atoms with E-state index < -0.39 is 10.0 Å². The Morgan fingerprint density at radius 3 is 2.03 bits per heavy atom. The number of hydrogen-bond acceptors (Lipinski definition) is 3. The summed E-state index contributed by atoms with van der Waals surface area (Å²) in [5.74, 6) is 4.43. The molecule has 7 heteroatoms. The molecule has 160 valence electrons. The van der Waals surface area contributed by atoms with Gasteiger partial charge in [0.15, 0.2) is 0 Å². The number of halogens is 2. The van der Waals surface area contributed by atoms with Gasteiger partial charge in [0, 0.05) is 5.69 Å². The molecule has 0 saturated heterocycles. The normalized spacial score (nSPS) is 29.8. The van der Waals surface area contributed by atoms with E-state index in [2.05, 4.69) is 16.9 Å². The van der Waals surface area contributed by atoms with Gasteiger partial charge >= 0.3 is 0 Å². The summed E-state index contributed by atoms with van der Waals surface area (Å²) in [4.78, 5) is -0.0694. The quantitative estimate of drug-likeness (QED) is 0.559. The van der Waals surface area contributed by atoms with E-state index in [4.69, 9.17) is 27.9 Å². The van der Waals surface area contributed by atoms with Crippen molar-refractivity contribution in [2.24, 2.45) is 23.7 Å². The first-order valence-electron chi connectivity index (χ1n) is 10.5. The van der Waals surface area contributed by atoms with Gasteiger partial charge in [-0.15, -0.1) is 0 Å². The summed E-state index contributed by atoms with van der Waals surface area (Å²) in [6.45, 7) is 0. The maximum Gasteiger partial charge on any atom is 0.263 e. The highest BCUT2D eigenvalue weighted by Gasteiger charge is 2.48. The van der Waals surface area contributed by atoms with Gasteiger partial charge in [0.25, 0.3) is 10.0 Å². The number of ether oxygens (including phenoxy) is 1. The molecule has 0 spiro atoms. The molecule has 0 heterocycles. The van der Waals surface area contributed by atoms with Crippen LogP contribution in [-0.4, -0.2) is 15.5 Å². The Kier molecular flexibility index (Phi) is 5.19. The molecule has 0 amide bonds. The summed E-state index contributed by atoms with van der Waals surface area (Å²) in [6.07, 6.45) is 6.90. The lowest BCUT2D eigenvalue weighted by molar-refractivity contribution is -0.00277. The van der Waals surface area contributed by atoms with E-state index in [1.54, 1.807) is 0 Å². The molecule has 2 aromatic rings. The topological polar surface area (TPSA) is 55.4 Å². The lowest BCUT2D eigenvalue weighted by Gasteiger charge is -2.54. The van der Waals surface area contributed by atoms with Crippen molar-refractivity contribution < 1.29 is 13.2 Å². The van der Waals surface area contributed by atoms with Gasteiger partial charge in [-0.25, -0.2) is 8.42 Å². The zero-order valence-electron chi connectivity index (χ0n) is 16.8. The molecular formula is C23H25Cl2NO3S. The molecule has 2 aromatic carbocycles. The Morgan fingerprint density at radius 2 is 1.47 bits per heavy atom. The first kappa shape index (κ1) is 20.5. The van der Waals surface area contributed by atoms with Crippen LogP contribution in [0.1, 0.15) is 43.6 Å². The molecule has 4 bridgehead atoms. The number of methoxy groups -OCH3 is 1. The SMILES string of the molecule is COc1ccc(S(=O)(=O)Nc2ccc(C3C4CC5CC(C4)CC3C5)cc2)c(Cl)c1Cl. The average Bonchev–Trinajstić information content (AvgIpc) is 2.70. The van der Waals surface area contributed by atoms with Crippen LogP contribution < -0.4 is 9.46 Å². The fourth-order valence-electron chi connectivity index (χ4n) is 6.33. The minimum atomic E-state index is -3.87. The monoisotopic (exact) mass is 465 g/mol. The van der Waals surface area contributed by atoms with Crippen molar-refractivity contribution >= 4 is 38.9 Å². The number of rotatable bonds is 5. The first-order chi connectivity index (χ1) is 14.4. The van der Waals surface area contributed by atoms with Crippen molar-refractivity contribution in [3.05, 3.63) is 52.0 Å². The Balaban J connectivity index is 1.36. The summed E-state index contributed by atoms with van der Waals surface area (Å²) in [6, 6.07) is 10.8. The van der Waals surface area contributed by atoms with E-state index in [0.29, 0.717) is 17.4 Å². The van der Waals surface area contributed by atoms with E-state index in [0.717, 1.165) is 23.7 Å². The van der Waals surface area contributed by atoms with Crippen molar-refractivity contribution in [2.75, 3.05) is 11.8 Å². The first-order valence-corrected chi connectivity index (χ1v) is 12.7. The molecule has 4 fully saturated rings. The van der Waals surface area contributed by atoms with Crippen molar-refractivity contribution in [3.8, 4) is 5.75 Å². The summed E-state index contributed by atoms with van der Waals surface area (Å²) >= 11 is 12.3. The van der Waals surface area contributed by atoms with Gasteiger partial charge in [0.1, 0.15) is 15.7 Å². The molecular weight excluding hydrogens is 441 g/mol. The van der Waals surface area contributed by atoms with Gasteiger partial charge in [-0.2, -0.15) is 0 Å². The van der Waals surface area contributed by atoms with E-state index in [1.807, 2.05) is 12.1 Å². The molecule has 0 aromatic heterocycles. The van der Waals surface area contributed by atoms with Crippen LogP contribution >= 0.6 is 23.2 Å². The minimum absolute atomic E-state index is 0.0475. The smallest absolute Gasteiger partial charge is 0.263 e. The molecule has 4 aliphatic rings. The van der Waals surface area contributed by atoms with Crippen molar-refractivity contribution in [2.45, 2.75) is 42.9 Å². The van der Waals surface area contributed by atoms with Gasteiger partial charge < -0.3 is 4.74 Å². The molecule has 0 atom stereocenters. The second-order valence-corrected chi connectivity index (χ2v) is 11.5. The molecule has 6 rings (SSSR count). The Hall–Kier alpha value is -1.43. The molecule has 0 unspecified atom stereocenters. The van der Waals surface area contributed by atoms with Crippen LogP contribution in [0, 0.1) is 23.7 Å². The summed E-state index contributed by atoms with van der Waals surface area (Å²) in [5.41, 5.74) is 1.86.